The van der Waals surface area contributed by atoms with Gasteiger partial charge in [-0.05, 0) is 53.3 Å². The van der Waals surface area contributed by atoms with E-state index >= 15 is 0 Å². The fourth-order valence-corrected chi connectivity index (χ4v) is 5.46. The van der Waals surface area contributed by atoms with Gasteiger partial charge in [0.15, 0.2) is 5.78 Å². The number of carbonyl (C=O) groups excluding carboxylic acids is 2. The van der Waals surface area contributed by atoms with Crippen molar-refractivity contribution in [2.75, 3.05) is 14.2 Å². The van der Waals surface area contributed by atoms with Crippen LogP contribution in [-0.2, 0) is 14.3 Å². The number of esters is 1. The number of Topliss-reactive ketones (excluding diaryl/α,β-unsaturated/α-hetero) is 1. The lowest BCUT2D eigenvalue weighted by Gasteiger charge is -2.36. The van der Waals surface area contributed by atoms with Gasteiger partial charge in [0.2, 0.25) is 0 Å². The number of methoxy groups -OCH3 is 2. The molecule has 0 radical (unpaired) electrons. The largest absolute Gasteiger partial charge is 0.497 e. The van der Waals surface area contributed by atoms with E-state index in [4.69, 9.17) is 14.5 Å². The molecule has 5 rings (SSSR count). The van der Waals surface area contributed by atoms with Crippen molar-refractivity contribution in [3.63, 3.8) is 0 Å². The molecule has 1 unspecified atom stereocenters. The zero-order chi connectivity index (χ0) is 23.8. The average Bonchev–Trinajstić information content (AvgIpc) is 2.87. The molecule has 5 nitrogen and oxygen atoms in total. The lowest BCUT2D eigenvalue weighted by Crippen LogP contribution is -2.37. The summed E-state index contributed by atoms with van der Waals surface area (Å²) in [6, 6.07) is 22.0. The van der Waals surface area contributed by atoms with Crippen LogP contribution in [0.4, 0.5) is 0 Å². The van der Waals surface area contributed by atoms with E-state index in [1.807, 2.05) is 73.7 Å². The van der Waals surface area contributed by atoms with Crippen molar-refractivity contribution in [2.45, 2.75) is 31.6 Å². The summed E-state index contributed by atoms with van der Waals surface area (Å²) < 4.78 is 10.5. The highest BCUT2D eigenvalue weighted by Gasteiger charge is 2.45. The number of rotatable bonds is 4. The Morgan fingerprint density at radius 3 is 2.41 bits per heavy atom. The van der Waals surface area contributed by atoms with Crippen LogP contribution in [0.3, 0.4) is 0 Å². The molecule has 172 valence electrons. The second kappa shape index (κ2) is 8.90. The maximum atomic E-state index is 13.7. The highest BCUT2D eigenvalue weighted by atomic mass is 16.5. The van der Waals surface area contributed by atoms with Crippen molar-refractivity contribution in [3.8, 4) is 5.75 Å². The van der Waals surface area contributed by atoms with Gasteiger partial charge in [-0.25, -0.2) is 0 Å². The number of benzene rings is 3. The Balaban J connectivity index is 1.64. The van der Waals surface area contributed by atoms with Gasteiger partial charge in [0.1, 0.15) is 11.7 Å². The minimum absolute atomic E-state index is 0.0385. The number of nitrogens with zero attached hydrogens (tertiary/aromatic N) is 1. The summed E-state index contributed by atoms with van der Waals surface area (Å²) in [6.07, 6.45) is 1.04. The zero-order valence-corrected chi connectivity index (χ0v) is 19.6. The Labute approximate surface area is 199 Å². The highest BCUT2D eigenvalue weighted by molar-refractivity contribution is 6.10. The molecule has 1 heterocycles. The first-order valence-corrected chi connectivity index (χ1v) is 11.5. The van der Waals surface area contributed by atoms with Gasteiger partial charge in [0.05, 0.1) is 14.2 Å². The van der Waals surface area contributed by atoms with Crippen molar-refractivity contribution in [2.24, 2.45) is 10.9 Å². The first-order valence-electron chi connectivity index (χ1n) is 11.5. The van der Waals surface area contributed by atoms with Crippen LogP contribution >= 0.6 is 0 Å². The molecule has 5 heteroatoms. The molecule has 0 aromatic heterocycles. The zero-order valence-electron chi connectivity index (χ0n) is 19.6. The fourth-order valence-electron chi connectivity index (χ4n) is 5.46. The van der Waals surface area contributed by atoms with Gasteiger partial charge in [0.25, 0.3) is 0 Å². The first kappa shape index (κ1) is 22.1. The Bertz CT molecular complexity index is 1330. The third-order valence-electron chi connectivity index (χ3n) is 7.09. The smallest absolute Gasteiger partial charge is 0.315 e. The average molecular weight is 454 g/mol. The van der Waals surface area contributed by atoms with E-state index in [1.165, 1.54) is 7.11 Å². The summed E-state index contributed by atoms with van der Waals surface area (Å²) >= 11 is 0. The summed E-state index contributed by atoms with van der Waals surface area (Å²) in [5, 5.41) is 2.11. The van der Waals surface area contributed by atoms with Crippen molar-refractivity contribution in [3.05, 3.63) is 89.1 Å². The van der Waals surface area contributed by atoms with Gasteiger partial charge in [-0.2, -0.15) is 0 Å². The van der Waals surface area contributed by atoms with Crippen LogP contribution in [0.2, 0.25) is 0 Å². The summed E-state index contributed by atoms with van der Waals surface area (Å²) in [5.41, 5.74) is 4.18. The van der Waals surface area contributed by atoms with Gasteiger partial charge < -0.3 is 9.47 Å². The van der Waals surface area contributed by atoms with E-state index in [0.717, 1.165) is 33.3 Å². The number of allylic oxidation sites excluding steroid dienone is 2. The van der Waals surface area contributed by atoms with Crippen LogP contribution in [-0.4, -0.2) is 31.7 Å². The third-order valence-corrected chi connectivity index (χ3v) is 7.09. The Morgan fingerprint density at radius 2 is 1.68 bits per heavy atom. The van der Waals surface area contributed by atoms with Crippen molar-refractivity contribution >= 4 is 28.2 Å². The number of hydrogen-bond donors (Lipinski definition) is 0. The molecule has 0 N–H and O–H groups in total. The predicted molar refractivity (Wildman–Crippen MR) is 132 cm³/mol. The molecule has 0 saturated carbocycles. The molecule has 3 aromatic rings. The van der Waals surface area contributed by atoms with Crippen LogP contribution in [0, 0.1) is 5.92 Å². The SMILES string of the molecule is COC(=O)C1C(C)=NC2=C(C(=O)C[C@@H](c3ccc(OC)cc3)C2)[C@@H]1c1cccc2ccccc12. The predicted octanol–water partition coefficient (Wildman–Crippen LogP) is 5.60. The molecule has 0 fully saturated rings. The van der Waals surface area contributed by atoms with Gasteiger partial charge >= 0.3 is 5.97 Å². The van der Waals surface area contributed by atoms with Crippen LogP contribution in [0.5, 0.6) is 5.75 Å². The molecular weight excluding hydrogens is 426 g/mol. The Kier molecular flexibility index (Phi) is 5.78. The number of carbonyl (C=O) groups is 2. The normalized spacial score (nSPS) is 22.3. The fraction of sp³-hybridized carbons (Fsp3) is 0.276. The maximum absolute atomic E-state index is 13.7. The topological polar surface area (TPSA) is 65.0 Å². The Hall–Kier alpha value is -3.73. The van der Waals surface area contributed by atoms with Crippen molar-refractivity contribution < 1.29 is 19.1 Å². The number of aliphatic imine (C=N–C) groups is 1. The minimum Gasteiger partial charge on any atom is -0.497 e. The van der Waals surface area contributed by atoms with Crippen LogP contribution in [0.25, 0.3) is 10.8 Å². The van der Waals surface area contributed by atoms with Crippen LogP contribution in [0.15, 0.2) is 83.0 Å². The standard InChI is InChI=1S/C29H27NO4/c1-17-26(29(32)34-3)27(23-10-6-8-19-7-4-5-9-22(19)23)28-24(30-17)15-20(16-25(28)31)18-11-13-21(33-2)14-12-18/h4-14,20,26-27H,15-16H2,1-3H3/t20-,26?,27+/m0/s1. The maximum Gasteiger partial charge on any atom is 0.315 e. The lowest BCUT2D eigenvalue weighted by atomic mass is 9.68. The minimum atomic E-state index is -0.629. The molecule has 3 atom stereocenters. The molecule has 0 bridgehead atoms. The van der Waals surface area contributed by atoms with Gasteiger partial charge in [-0.3, -0.25) is 14.6 Å². The molecule has 0 amide bonds. The number of ketones is 1. The summed E-state index contributed by atoms with van der Waals surface area (Å²) in [6.45, 7) is 1.87. The molecule has 1 aliphatic carbocycles. The van der Waals surface area contributed by atoms with Crippen molar-refractivity contribution in [1.29, 1.82) is 0 Å². The van der Waals surface area contributed by atoms with E-state index in [9.17, 15) is 9.59 Å². The molecule has 1 aliphatic heterocycles. The van der Waals surface area contributed by atoms with Gasteiger partial charge in [0, 0.05) is 29.3 Å². The van der Waals surface area contributed by atoms with E-state index < -0.39 is 11.8 Å². The summed E-state index contributed by atoms with van der Waals surface area (Å²) in [5.74, 6) is -0.543. The van der Waals surface area contributed by atoms with E-state index in [2.05, 4.69) is 0 Å². The Morgan fingerprint density at radius 1 is 0.941 bits per heavy atom. The van der Waals surface area contributed by atoms with E-state index in [1.54, 1.807) is 7.11 Å². The number of ether oxygens (including phenoxy) is 2. The highest BCUT2D eigenvalue weighted by Crippen LogP contribution is 2.48. The van der Waals surface area contributed by atoms with Crippen molar-refractivity contribution in [1.82, 2.24) is 0 Å². The second-order valence-corrected chi connectivity index (χ2v) is 8.96. The second-order valence-electron chi connectivity index (χ2n) is 8.96. The molecule has 3 aromatic carbocycles. The quantitative estimate of drug-likeness (QED) is 0.483. The lowest BCUT2D eigenvalue weighted by molar-refractivity contribution is -0.143. The molecule has 0 spiro atoms. The number of fused-ring (bicyclic) bond motifs is 1. The number of hydrogen-bond acceptors (Lipinski definition) is 5. The third kappa shape index (κ3) is 3.71. The monoisotopic (exact) mass is 453 g/mol. The van der Waals surface area contributed by atoms with E-state index in [0.29, 0.717) is 24.1 Å². The van der Waals surface area contributed by atoms with Gasteiger partial charge in [-0.15, -0.1) is 0 Å². The van der Waals surface area contributed by atoms with Gasteiger partial charge in [-0.1, -0.05) is 54.6 Å². The molecule has 2 aliphatic rings. The van der Waals surface area contributed by atoms with E-state index in [-0.39, 0.29) is 17.7 Å². The van der Waals surface area contributed by atoms with Crippen LogP contribution < -0.4 is 4.74 Å². The summed E-state index contributed by atoms with van der Waals surface area (Å²) in [7, 11) is 3.03. The molecule has 34 heavy (non-hydrogen) atoms. The van der Waals surface area contributed by atoms with Crippen LogP contribution in [0.1, 0.15) is 42.7 Å². The summed E-state index contributed by atoms with van der Waals surface area (Å²) in [4.78, 5) is 31.5. The first-order chi connectivity index (χ1) is 16.5. The molecular formula is C29H27NO4. The molecule has 0 saturated heterocycles.